The van der Waals surface area contributed by atoms with E-state index in [2.05, 4.69) is 0 Å². The maximum absolute atomic E-state index is 11.6. The Hall–Kier alpha value is -2.69. The number of hydrogen-bond acceptors (Lipinski definition) is 4. The quantitative estimate of drug-likeness (QED) is 0.474. The molecule has 2 aromatic rings. The maximum Gasteiger partial charge on any atom is 0.280 e. The van der Waals surface area contributed by atoms with Crippen molar-refractivity contribution in [2.45, 2.75) is 12.8 Å². The van der Waals surface area contributed by atoms with Gasteiger partial charge in [0, 0.05) is 12.0 Å². The first-order valence-electron chi connectivity index (χ1n) is 6.71. The molecular weight excluding hydrogens is 270 g/mol. The highest BCUT2D eigenvalue weighted by molar-refractivity contribution is 5.96. The summed E-state index contributed by atoms with van der Waals surface area (Å²) in [7, 11) is 0. The molecule has 0 radical (unpaired) electrons. The third kappa shape index (κ3) is 2.91. The predicted octanol–water partition coefficient (Wildman–Crippen LogP) is 3.85. The van der Waals surface area contributed by atoms with Gasteiger partial charge in [0.25, 0.3) is 5.69 Å². The second-order valence-corrected chi connectivity index (χ2v) is 4.99. The number of allylic oxidation sites excluding steroid dienone is 1. The van der Waals surface area contributed by atoms with Crippen molar-refractivity contribution in [1.29, 1.82) is 0 Å². The second kappa shape index (κ2) is 5.36. The summed E-state index contributed by atoms with van der Waals surface area (Å²) in [5.41, 5.74) is 0.423. The van der Waals surface area contributed by atoms with Crippen molar-refractivity contribution in [3.8, 4) is 11.3 Å². The van der Waals surface area contributed by atoms with Crippen molar-refractivity contribution < 1.29 is 14.1 Å². The van der Waals surface area contributed by atoms with E-state index >= 15 is 0 Å². The number of rotatable bonds is 5. The normalized spacial score (nSPS) is 14.5. The van der Waals surface area contributed by atoms with E-state index in [1.54, 1.807) is 36.4 Å². The number of hydrogen-bond donors (Lipinski definition) is 0. The Balaban J connectivity index is 1.85. The van der Waals surface area contributed by atoms with Crippen LogP contribution in [0.25, 0.3) is 17.4 Å². The van der Waals surface area contributed by atoms with Gasteiger partial charge in [-0.15, -0.1) is 0 Å². The van der Waals surface area contributed by atoms with Gasteiger partial charge in [0.2, 0.25) is 0 Å². The molecule has 1 aliphatic rings. The average Bonchev–Trinajstić information content (AvgIpc) is 3.23. The van der Waals surface area contributed by atoms with E-state index in [0.29, 0.717) is 17.1 Å². The number of nitrogens with zero attached hydrogens (tertiary/aromatic N) is 1. The van der Waals surface area contributed by atoms with Gasteiger partial charge in [-0.1, -0.05) is 12.1 Å². The molecule has 0 unspecified atom stereocenters. The van der Waals surface area contributed by atoms with Gasteiger partial charge in [-0.2, -0.15) is 0 Å². The van der Waals surface area contributed by atoms with Crippen LogP contribution in [0.3, 0.4) is 0 Å². The van der Waals surface area contributed by atoms with Gasteiger partial charge in [0.1, 0.15) is 11.5 Å². The number of ketones is 1. The first-order chi connectivity index (χ1) is 10.1. The molecule has 1 fully saturated rings. The third-order valence-electron chi connectivity index (χ3n) is 3.38. The lowest BCUT2D eigenvalue weighted by molar-refractivity contribution is -0.384. The van der Waals surface area contributed by atoms with Crippen molar-refractivity contribution in [2.75, 3.05) is 0 Å². The number of carbonyl (C=O) groups excluding carboxylic acids is 1. The molecule has 1 aromatic carbocycles. The van der Waals surface area contributed by atoms with Crippen LogP contribution in [0.5, 0.6) is 0 Å². The molecular formula is C16H13NO4. The number of para-hydroxylation sites is 1. The lowest BCUT2D eigenvalue weighted by atomic mass is 10.1. The minimum atomic E-state index is -0.440. The highest BCUT2D eigenvalue weighted by Gasteiger charge is 2.27. The Labute approximate surface area is 121 Å². The smallest absolute Gasteiger partial charge is 0.280 e. The summed E-state index contributed by atoms with van der Waals surface area (Å²) in [6.07, 6.45) is 5.05. The first kappa shape index (κ1) is 13.3. The van der Waals surface area contributed by atoms with Crippen LogP contribution in [-0.2, 0) is 4.79 Å². The highest BCUT2D eigenvalue weighted by Crippen LogP contribution is 2.32. The van der Waals surface area contributed by atoms with Gasteiger partial charge >= 0.3 is 0 Å². The zero-order valence-electron chi connectivity index (χ0n) is 11.2. The SMILES string of the molecule is O=C(C=Cc1ccc(-c2ccccc2[N+](=O)[O-])o1)C1CC1. The number of carbonyl (C=O) groups is 1. The van der Waals surface area contributed by atoms with Gasteiger partial charge in [0.05, 0.1) is 10.5 Å². The van der Waals surface area contributed by atoms with Crippen LogP contribution in [0.15, 0.2) is 46.9 Å². The lowest BCUT2D eigenvalue weighted by Crippen LogP contribution is -1.92. The Morgan fingerprint density at radius 1 is 1.24 bits per heavy atom. The van der Waals surface area contributed by atoms with E-state index in [1.165, 1.54) is 12.1 Å². The average molecular weight is 283 g/mol. The molecule has 5 heteroatoms. The van der Waals surface area contributed by atoms with Crippen LogP contribution in [0.2, 0.25) is 0 Å². The molecule has 0 N–H and O–H groups in total. The summed E-state index contributed by atoms with van der Waals surface area (Å²) in [6.45, 7) is 0. The molecule has 0 spiro atoms. The topological polar surface area (TPSA) is 73.3 Å². The summed E-state index contributed by atoms with van der Waals surface area (Å²) in [4.78, 5) is 22.1. The molecule has 1 aromatic heterocycles. The molecule has 1 aliphatic carbocycles. The number of nitro groups is 1. The van der Waals surface area contributed by atoms with Gasteiger partial charge < -0.3 is 4.42 Å². The van der Waals surface area contributed by atoms with Gasteiger partial charge in [-0.25, -0.2) is 0 Å². The molecule has 3 rings (SSSR count). The van der Waals surface area contributed by atoms with Crippen LogP contribution < -0.4 is 0 Å². The number of furan rings is 1. The zero-order valence-corrected chi connectivity index (χ0v) is 11.2. The third-order valence-corrected chi connectivity index (χ3v) is 3.38. The fourth-order valence-corrected chi connectivity index (χ4v) is 2.10. The Bertz CT molecular complexity index is 725. The molecule has 0 amide bonds. The van der Waals surface area contributed by atoms with Gasteiger partial charge in [-0.05, 0) is 43.2 Å². The monoisotopic (exact) mass is 283 g/mol. The Morgan fingerprint density at radius 2 is 2.00 bits per heavy atom. The number of benzene rings is 1. The molecule has 0 saturated heterocycles. The van der Waals surface area contributed by atoms with E-state index in [-0.39, 0.29) is 17.4 Å². The van der Waals surface area contributed by atoms with E-state index in [9.17, 15) is 14.9 Å². The summed E-state index contributed by atoms with van der Waals surface area (Å²) in [5, 5.41) is 11.0. The molecule has 0 bridgehead atoms. The van der Waals surface area contributed by atoms with Crippen molar-refractivity contribution in [1.82, 2.24) is 0 Å². The van der Waals surface area contributed by atoms with Crippen LogP contribution in [0.4, 0.5) is 5.69 Å². The van der Waals surface area contributed by atoms with Gasteiger partial charge in [0.15, 0.2) is 5.78 Å². The minimum absolute atomic E-state index is 0.00330. The van der Waals surface area contributed by atoms with Gasteiger partial charge in [-0.3, -0.25) is 14.9 Å². The zero-order chi connectivity index (χ0) is 14.8. The van der Waals surface area contributed by atoms with Crippen LogP contribution in [0, 0.1) is 16.0 Å². The molecule has 0 aliphatic heterocycles. The minimum Gasteiger partial charge on any atom is -0.456 e. The Morgan fingerprint density at radius 3 is 2.71 bits per heavy atom. The summed E-state index contributed by atoms with van der Waals surface area (Å²) in [5.74, 6) is 1.21. The molecule has 1 heterocycles. The highest BCUT2D eigenvalue weighted by atomic mass is 16.6. The Kier molecular flexibility index (Phi) is 3.39. The fourth-order valence-electron chi connectivity index (χ4n) is 2.10. The molecule has 106 valence electrons. The molecule has 0 atom stereocenters. The van der Waals surface area contributed by atoms with Crippen molar-refractivity contribution >= 4 is 17.5 Å². The maximum atomic E-state index is 11.6. The summed E-state index contributed by atoms with van der Waals surface area (Å²) < 4.78 is 5.57. The van der Waals surface area contributed by atoms with Crippen molar-refractivity contribution in [3.05, 3.63) is 58.3 Å². The van der Waals surface area contributed by atoms with Crippen LogP contribution in [-0.4, -0.2) is 10.7 Å². The van der Waals surface area contributed by atoms with Crippen LogP contribution in [0.1, 0.15) is 18.6 Å². The van der Waals surface area contributed by atoms with E-state index in [0.717, 1.165) is 12.8 Å². The summed E-state index contributed by atoms with van der Waals surface area (Å²) >= 11 is 0. The largest absolute Gasteiger partial charge is 0.456 e. The molecule has 21 heavy (non-hydrogen) atoms. The standard InChI is InChI=1S/C16H13NO4/c18-15(11-5-6-11)9-7-12-8-10-16(21-12)13-3-1-2-4-14(13)17(19)20/h1-4,7-11H,5-6H2. The fraction of sp³-hybridized carbons (Fsp3) is 0.188. The van der Waals surface area contributed by atoms with Crippen LogP contribution >= 0.6 is 0 Å². The lowest BCUT2D eigenvalue weighted by Gasteiger charge is -1.98. The predicted molar refractivity (Wildman–Crippen MR) is 77.6 cm³/mol. The first-order valence-corrected chi connectivity index (χ1v) is 6.71. The van der Waals surface area contributed by atoms with Crippen molar-refractivity contribution in [2.24, 2.45) is 5.92 Å². The van der Waals surface area contributed by atoms with E-state index in [1.807, 2.05) is 0 Å². The number of nitro benzene ring substituents is 1. The summed E-state index contributed by atoms with van der Waals surface area (Å²) in [6, 6.07) is 9.77. The van der Waals surface area contributed by atoms with Crippen molar-refractivity contribution in [3.63, 3.8) is 0 Å². The molecule has 5 nitrogen and oxygen atoms in total. The molecule has 1 saturated carbocycles. The second-order valence-electron chi connectivity index (χ2n) is 4.99. The van der Waals surface area contributed by atoms with E-state index < -0.39 is 4.92 Å². The van der Waals surface area contributed by atoms with E-state index in [4.69, 9.17) is 4.42 Å².